The van der Waals surface area contributed by atoms with Gasteiger partial charge in [-0.25, -0.2) is 8.78 Å². The maximum atomic E-state index is 13.3. The zero-order valence-corrected chi connectivity index (χ0v) is 9.38. The Kier molecular flexibility index (Phi) is 2.59. The number of rotatable bonds is 3. The zero-order valence-electron chi connectivity index (χ0n) is 8.62. The third-order valence-electron chi connectivity index (χ3n) is 3.12. The van der Waals surface area contributed by atoms with E-state index in [1.165, 1.54) is 12.1 Å². The first-order chi connectivity index (χ1) is 7.84. The van der Waals surface area contributed by atoms with E-state index in [2.05, 4.69) is 0 Å². The number of nitrogens with zero attached hydrogens (tertiary/aromatic N) is 1. The van der Waals surface area contributed by atoms with Crippen LogP contribution in [0.4, 0.5) is 14.5 Å². The van der Waals surface area contributed by atoms with Crippen molar-refractivity contribution in [3.8, 4) is 0 Å². The third-order valence-corrected chi connectivity index (χ3v) is 3.45. The molecule has 1 unspecified atom stereocenters. The summed E-state index contributed by atoms with van der Waals surface area (Å²) < 4.78 is 26.7. The highest BCUT2D eigenvalue weighted by atomic mass is 35.5. The molecule has 92 valence electrons. The van der Waals surface area contributed by atoms with Gasteiger partial charge in [-0.15, -0.1) is 0 Å². The van der Waals surface area contributed by atoms with Gasteiger partial charge in [0.15, 0.2) is 0 Å². The predicted octanol–water partition coefficient (Wildman–Crippen LogP) is 2.48. The zero-order chi connectivity index (χ0) is 12.8. The van der Waals surface area contributed by atoms with Crippen molar-refractivity contribution in [1.29, 1.82) is 0 Å². The number of hydrogen-bond donors (Lipinski definition) is 1. The Hall–Kier alpha value is -1.27. The maximum Gasteiger partial charge on any atom is 0.269 e. The van der Waals surface area contributed by atoms with Gasteiger partial charge in [-0.2, -0.15) is 0 Å². The number of benzene rings is 1. The molecule has 2 rings (SSSR count). The summed E-state index contributed by atoms with van der Waals surface area (Å²) in [6, 6.07) is 3.51. The molecule has 2 N–H and O–H groups in total. The van der Waals surface area contributed by atoms with E-state index in [0.29, 0.717) is 0 Å². The van der Waals surface area contributed by atoms with E-state index < -0.39 is 22.7 Å². The van der Waals surface area contributed by atoms with E-state index in [4.69, 9.17) is 17.3 Å². The minimum absolute atomic E-state index is 0.0564. The molecule has 0 aliphatic heterocycles. The molecule has 4 nitrogen and oxygen atoms in total. The van der Waals surface area contributed by atoms with Crippen LogP contribution in [0.1, 0.15) is 12.0 Å². The van der Waals surface area contributed by atoms with Crippen LogP contribution in [-0.2, 0) is 5.41 Å². The molecule has 0 amide bonds. The molecule has 1 aliphatic carbocycles. The lowest BCUT2D eigenvalue weighted by atomic mass is 9.95. The number of hydrogen-bond acceptors (Lipinski definition) is 3. The Morgan fingerprint density at radius 2 is 2.12 bits per heavy atom. The summed E-state index contributed by atoms with van der Waals surface area (Å²) in [6.07, 6.45) is -0.419. The second-order valence-electron chi connectivity index (χ2n) is 4.09. The van der Waals surface area contributed by atoms with Crippen molar-refractivity contribution in [2.75, 3.05) is 6.54 Å². The highest BCUT2D eigenvalue weighted by Gasteiger charge is 2.71. The smallest absolute Gasteiger partial charge is 0.269 e. The average Bonchev–Trinajstić information content (AvgIpc) is 2.82. The largest absolute Gasteiger partial charge is 0.329 e. The van der Waals surface area contributed by atoms with Gasteiger partial charge in [-0.05, 0) is 11.6 Å². The lowest BCUT2D eigenvalue weighted by molar-refractivity contribution is -0.384. The van der Waals surface area contributed by atoms with Crippen LogP contribution >= 0.6 is 11.6 Å². The van der Waals surface area contributed by atoms with E-state index in [9.17, 15) is 18.9 Å². The quantitative estimate of drug-likeness (QED) is 0.672. The van der Waals surface area contributed by atoms with Crippen molar-refractivity contribution in [3.63, 3.8) is 0 Å². The van der Waals surface area contributed by atoms with Crippen LogP contribution in [0.5, 0.6) is 0 Å². The molecule has 0 bridgehead atoms. The fourth-order valence-corrected chi connectivity index (χ4v) is 2.25. The van der Waals surface area contributed by atoms with Crippen LogP contribution in [-0.4, -0.2) is 17.4 Å². The summed E-state index contributed by atoms with van der Waals surface area (Å²) in [6.45, 7) is -0.291. The highest BCUT2D eigenvalue weighted by Crippen LogP contribution is 2.62. The van der Waals surface area contributed by atoms with Crippen LogP contribution in [0, 0.1) is 10.1 Å². The van der Waals surface area contributed by atoms with E-state index in [1.54, 1.807) is 0 Å². The van der Waals surface area contributed by atoms with Crippen molar-refractivity contribution < 1.29 is 13.7 Å². The summed E-state index contributed by atoms with van der Waals surface area (Å²) in [5, 5.41) is 10.7. The van der Waals surface area contributed by atoms with Crippen LogP contribution < -0.4 is 5.73 Å². The number of nitro benzene ring substituents is 1. The van der Waals surface area contributed by atoms with Gasteiger partial charge in [-0.1, -0.05) is 11.6 Å². The van der Waals surface area contributed by atoms with E-state index in [0.717, 1.165) is 6.07 Å². The molecule has 0 heterocycles. The van der Waals surface area contributed by atoms with Crippen molar-refractivity contribution in [1.82, 2.24) is 0 Å². The Bertz CT molecular complexity index is 495. The molecule has 1 saturated carbocycles. The average molecular weight is 263 g/mol. The first-order valence-electron chi connectivity index (χ1n) is 4.86. The van der Waals surface area contributed by atoms with Gasteiger partial charge >= 0.3 is 0 Å². The fourth-order valence-electron chi connectivity index (χ4n) is 1.95. The Balaban J connectivity index is 2.52. The van der Waals surface area contributed by atoms with Crippen LogP contribution in [0.25, 0.3) is 0 Å². The summed E-state index contributed by atoms with van der Waals surface area (Å²) in [5.41, 5.74) is 3.61. The topological polar surface area (TPSA) is 69.2 Å². The summed E-state index contributed by atoms with van der Waals surface area (Å²) in [7, 11) is 0. The maximum absolute atomic E-state index is 13.3. The Labute approximate surface area is 101 Å². The second-order valence-corrected chi connectivity index (χ2v) is 4.50. The normalized spacial score (nSPS) is 25.6. The monoisotopic (exact) mass is 262 g/mol. The Morgan fingerprint density at radius 3 is 2.53 bits per heavy atom. The van der Waals surface area contributed by atoms with Crippen LogP contribution in [0.2, 0.25) is 5.02 Å². The van der Waals surface area contributed by atoms with E-state index in [-0.39, 0.29) is 22.8 Å². The predicted molar refractivity (Wildman–Crippen MR) is 58.4 cm³/mol. The van der Waals surface area contributed by atoms with Gasteiger partial charge in [0.25, 0.3) is 11.6 Å². The molecule has 0 radical (unpaired) electrons. The standard InChI is InChI=1S/C10H9ClF2N2O2/c11-8-2-1-6(15(16)17)3-7(8)9(5-14)4-10(9,12)13/h1-3H,4-5,14H2. The third kappa shape index (κ3) is 1.68. The van der Waals surface area contributed by atoms with Crippen LogP contribution in [0.3, 0.4) is 0 Å². The molecule has 1 atom stereocenters. The van der Waals surface area contributed by atoms with Gasteiger partial charge in [-0.3, -0.25) is 10.1 Å². The van der Waals surface area contributed by atoms with Crippen LogP contribution in [0.15, 0.2) is 18.2 Å². The van der Waals surface area contributed by atoms with E-state index >= 15 is 0 Å². The minimum atomic E-state index is -2.94. The number of nitrogens with two attached hydrogens (primary N) is 1. The number of nitro groups is 1. The van der Waals surface area contributed by atoms with Gasteiger partial charge in [0, 0.05) is 30.1 Å². The highest BCUT2D eigenvalue weighted by molar-refractivity contribution is 6.31. The van der Waals surface area contributed by atoms with Gasteiger partial charge in [0.05, 0.1) is 10.3 Å². The Morgan fingerprint density at radius 1 is 1.53 bits per heavy atom. The molecule has 0 saturated heterocycles. The lowest BCUT2D eigenvalue weighted by Gasteiger charge is -2.15. The van der Waals surface area contributed by atoms with Gasteiger partial charge in [0.2, 0.25) is 0 Å². The number of non-ortho nitro benzene ring substituents is 1. The van der Waals surface area contributed by atoms with Crippen molar-refractivity contribution in [3.05, 3.63) is 38.9 Å². The first-order valence-corrected chi connectivity index (χ1v) is 5.24. The molecule has 1 aromatic carbocycles. The molecular weight excluding hydrogens is 254 g/mol. The van der Waals surface area contributed by atoms with Gasteiger partial charge < -0.3 is 5.73 Å². The molecular formula is C10H9ClF2N2O2. The van der Waals surface area contributed by atoms with Crippen molar-refractivity contribution in [2.45, 2.75) is 17.8 Å². The molecule has 1 aromatic rings. The minimum Gasteiger partial charge on any atom is -0.329 e. The SMILES string of the molecule is NCC1(c2cc([N+](=O)[O-])ccc2Cl)CC1(F)F. The second kappa shape index (κ2) is 3.61. The number of alkyl halides is 2. The fraction of sp³-hybridized carbons (Fsp3) is 0.400. The molecule has 7 heteroatoms. The molecule has 1 fully saturated rings. The lowest BCUT2D eigenvalue weighted by Crippen LogP contribution is -2.27. The molecule has 1 aliphatic rings. The summed E-state index contributed by atoms with van der Waals surface area (Å²) in [4.78, 5) is 9.96. The first kappa shape index (κ1) is 12.2. The molecule has 0 aromatic heterocycles. The van der Waals surface area contributed by atoms with Crippen molar-refractivity contribution >= 4 is 17.3 Å². The summed E-state index contributed by atoms with van der Waals surface area (Å²) in [5.74, 6) is -2.94. The number of halogens is 3. The molecule has 0 spiro atoms. The summed E-state index contributed by atoms with van der Waals surface area (Å²) >= 11 is 5.82. The van der Waals surface area contributed by atoms with Gasteiger partial charge in [0.1, 0.15) is 0 Å². The van der Waals surface area contributed by atoms with E-state index in [1.807, 2.05) is 0 Å². The van der Waals surface area contributed by atoms with Crippen molar-refractivity contribution in [2.24, 2.45) is 5.73 Å². The molecule has 17 heavy (non-hydrogen) atoms.